The summed E-state index contributed by atoms with van der Waals surface area (Å²) in [5.41, 5.74) is -3.28. The van der Waals surface area contributed by atoms with Crippen molar-refractivity contribution in [2.24, 2.45) is 5.92 Å². The Hall–Kier alpha value is -3.43. The summed E-state index contributed by atoms with van der Waals surface area (Å²) in [6.45, 7) is 0.612. The van der Waals surface area contributed by atoms with Crippen molar-refractivity contribution in [3.8, 4) is 6.07 Å². The maximum absolute atomic E-state index is 13.6. The van der Waals surface area contributed by atoms with E-state index in [2.05, 4.69) is 5.32 Å². The van der Waals surface area contributed by atoms with Gasteiger partial charge in [0, 0.05) is 31.3 Å². The van der Waals surface area contributed by atoms with Gasteiger partial charge in [-0.3, -0.25) is 4.79 Å². The highest BCUT2D eigenvalue weighted by molar-refractivity contribution is 7.89. The summed E-state index contributed by atoms with van der Waals surface area (Å²) in [5, 5.41) is 23.3. The highest BCUT2D eigenvalue weighted by atomic mass is 32.2. The van der Waals surface area contributed by atoms with Crippen LogP contribution in [0.5, 0.6) is 0 Å². The molecule has 4 rings (SSSR count). The van der Waals surface area contributed by atoms with Crippen molar-refractivity contribution in [2.45, 2.75) is 35.9 Å². The lowest BCUT2D eigenvalue weighted by Crippen LogP contribution is -2.54. The smallest absolute Gasteiger partial charge is 0.379 e. The highest BCUT2D eigenvalue weighted by Gasteiger charge is 2.47. The molecule has 39 heavy (non-hydrogen) atoms. The molecule has 0 bridgehead atoms. The number of amides is 1. The van der Waals surface area contributed by atoms with E-state index in [0.717, 1.165) is 6.07 Å². The summed E-state index contributed by atoms with van der Waals surface area (Å²) in [6, 6.07) is 18.8. The van der Waals surface area contributed by atoms with E-state index in [-0.39, 0.29) is 12.1 Å². The van der Waals surface area contributed by atoms with Crippen molar-refractivity contribution >= 4 is 23.0 Å². The normalized spacial score (nSPS) is 17.2. The van der Waals surface area contributed by atoms with Gasteiger partial charge in [-0.25, -0.2) is 4.39 Å². The lowest BCUT2D eigenvalue weighted by Gasteiger charge is -2.38. The first-order valence-electron chi connectivity index (χ1n) is 12.1. The van der Waals surface area contributed by atoms with Crippen LogP contribution in [0.3, 0.4) is 0 Å². The molecule has 204 valence electrons. The topological polar surface area (TPSA) is 96.6 Å². The highest BCUT2D eigenvalue weighted by Crippen LogP contribution is 2.36. The molecule has 3 N–H and O–H groups in total. The zero-order valence-electron chi connectivity index (χ0n) is 20.7. The molecule has 0 aliphatic carbocycles. The van der Waals surface area contributed by atoms with Crippen LogP contribution < -0.4 is 5.32 Å². The van der Waals surface area contributed by atoms with Gasteiger partial charge in [-0.05, 0) is 54.7 Å². The molecule has 1 aliphatic heterocycles. The van der Waals surface area contributed by atoms with Crippen LogP contribution in [0.1, 0.15) is 29.5 Å². The molecule has 1 saturated heterocycles. The van der Waals surface area contributed by atoms with E-state index >= 15 is 0 Å². The van der Waals surface area contributed by atoms with Gasteiger partial charge >= 0.3 is 6.18 Å². The molecule has 3 aromatic rings. The van der Waals surface area contributed by atoms with Crippen molar-refractivity contribution in [2.75, 3.05) is 18.4 Å². The Morgan fingerprint density at radius 1 is 1.05 bits per heavy atom. The van der Waals surface area contributed by atoms with E-state index in [1.807, 2.05) is 0 Å². The first kappa shape index (κ1) is 28.6. The van der Waals surface area contributed by atoms with Crippen LogP contribution in [0, 0.1) is 23.1 Å². The second-order valence-electron chi connectivity index (χ2n) is 9.34. The van der Waals surface area contributed by atoms with Crippen molar-refractivity contribution < 1.29 is 32.0 Å². The van der Waals surface area contributed by atoms with Gasteiger partial charge in [0.15, 0.2) is 0 Å². The quantitative estimate of drug-likeness (QED) is 0.266. The van der Waals surface area contributed by atoms with Crippen molar-refractivity contribution in [3.05, 3.63) is 95.3 Å². The number of nitriles is 1. The van der Waals surface area contributed by atoms with Gasteiger partial charge in [0.05, 0.1) is 17.2 Å². The maximum atomic E-state index is 13.6. The summed E-state index contributed by atoms with van der Waals surface area (Å²) < 4.78 is 66.5. The van der Waals surface area contributed by atoms with E-state index in [0.29, 0.717) is 42.5 Å². The average molecular weight is 561 g/mol. The molecule has 1 fully saturated rings. The van der Waals surface area contributed by atoms with Crippen LogP contribution in [-0.4, -0.2) is 38.6 Å². The number of nitrogens with one attached hydrogen (secondary N) is 1. The first-order valence-corrected chi connectivity index (χ1v) is 13.3. The number of alkyl halides is 3. The number of piperidine rings is 1. The molecule has 0 spiro atoms. The van der Waals surface area contributed by atoms with Gasteiger partial charge in [-0.2, -0.15) is 23.0 Å². The second-order valence-corrected chi connectivity index (χ2v) is 10.9. The van der Waals surface area contributed by atoms with Gasteiger partial charge in [0.1, 0.15) is 11.4 Å². The lowest BCUT2D eigenvalue weighted by atomic mass is 9.76. The lowest BCUT2D eigenvalue weighted by molar-refractivity contribution is -0.142. The van der Waals surface area contributed by atoms with Crippen LogP contribution in [0.4, 0.5) is 23.2 Å². The zero-order valence-corrected chi connectivity index (χ0v) is 21.5. The number of anilines is 1. The van der Waals surface area contributed by atoms with E-state index in [4.69, 9.17) is 5.26 Å². The monoisotopic (exact) mass is 560 g/mol. The summed E-state index contributed by atoms with van der Waals surface area (Å²) in [4.78, 5) is 13.9. The second kappa shape index (κ2) is 11.8. The third-order valence-electron chi connectivity index (χ3n) is 6.79. The Bertz CT molecular complexity index is 1360. The predicted molar refractivity (Wildman–Crippen MR) is 139 cm³/mol. The van der Waals surface area contributed by atoms with E-state index in [1.165, 1.54) is 30.3 Å². The Labute approximate surface area is 226 Å². The molecule has 0 aromatic heterocycles. The standard InChI is InChI=1S/C28H25F4N3O3S/c29-22-7-4-8-24(15-22)39(38)35-13-11-21(12-14-35)27(37,17-19-5-2-1-3-6-19)26(36)34-23-10-9-20(18-33)25(16-23)28(30,31)32/h1-10,15-16,21,37-38H,11-14,17H2/p+1. The fourth-order valence-corrected chi connectivity index (χ4v) is 6.02. The van der Waals surface area contributed by atoms with Crippen LogP contribution in [0.15, 0.2) is 77.7 Å². The molecule has 11 heteroatoms. The summed E-state index contributed by atoms with van der Waals surface area (Å²) in [5.74, 6) is -1.92. The Kier molecular flexibility index (Phi) is 8.61. The molecule has 2 unspecified atom stereocenters. The number of aliphatic hydroxyl groups is 1. The number of nitrogens with zero attached hydrogens (tertiary/aromatic N) is 2. The molecule has 3 aromatic carbocycles. The minimum atomic E-state index is -4.80. The summed E-state index contributed by atoms with van der Waals surface area (Å²) >= 11 is -1.39. The van der Waals surface area contributed by atoms with Gasteiger partial charge in [-0.1, -0.05) is 40.7 Å². The van der Waals surface area contributed by atoms with Gasteiger partial charge in [-0.15, -0.1) is 0 Å². The number of halogens is 4. The zero-order chi connectivity index (χ0) is 28.2. The Morgan fingerprint density at radius 3 is 2.36 bits per heavy atom. The average Bonchev–Trinajstić information content (AvgIpc) is 2.92. The third-order valence-corrected chi connectivity index (χ3v) is 8.32. The fourth-order valence-electron chi connectivity index (χ4n) is 4.75. The molecule has 1 aliphatic rings. The van der Waals surface area contributed by atoms with Crippen molar-refractivity contribution in [1.29, 1.82) is 5.26 Å². The SMILES string of the molecule is N#Cc1ccc(NC(=O)C(O)(Cc2ccccc2)C2CCN([S+](O)c3cccc(F)c3)CC2)cc1C(F)(F)F. The predicted octanol–water partition coefficient (Wildman–Crippen LogP) is 5.41. The number of rotatable bonds is 7. The number of benzene rings is 3. The fraction of sp³-hybridized carbons (Fsp3) is 0.286. The van der Waals surface area contributed by atoms with E-state index < -0.39 is 51.9 Å². The number of hydrogen-bond donors (Lipinski definition) is 3. The van der Waals surface area contributed by atoms with Crippen LogP contribution in [0.25, 0.3) is 0 Å². The van der Waals surface area contributed by atoms with Crippen molar-refractivity contribution in [1.82, 2.24) is 4.31 Å². The largest absolute Gasteiger partial charge is 0.417 e. The molecule has 2 atom stereocenters. The van der Waals surface area contributed by atoms with E-state index in [9.17, 15) is 32.0 Å². The van der Waals surface area contributed by atoms with Crippen LogP contribution in [-0.2, 0) is 28.8 Å². The van der Waals surface area contributed by atoms with Crippen LogP contribution in [0.2, 0.25) is 0 Å². The first-order chi connectivity index (χ1) is 18.5. The number of carbonyl (C=O) groups is 1. The summed E-state index contributed by atoms with van der Waals surface area (Å²) in [6.07, 6.45) is -4.28. The van der Waals surface area contributed by atoms with E-state index in [1.54, 1.807) is 40.7 Å². The molecule has 6 nitrogen and oxygen atoms in total. The molecular formula is C28H26F4N3O3S+. The van der Waals surface area contributed by atoms with Gasteiger partial charge < -0.3 is 10.4 Å². The molecule has 0 radical (unpaired) electrons. The molecular weight excluding hydrogens is 534 g/mol. The maximum Gasteiger partial charge on any atom is 0.417 e. The molecule has 0 saturated carbocycles. The number of carbonyl (C=O) groups excluding carboxylic acids is 1. The summed E-state index contributed by atoms with van der Waals surface area (Å²) in [7, 11) is 0. The molecule has 1 amide bonds. The minimum Gasteiger partial charge on any atom is -0.379 e. The third kappa shape index (κ3) is 6.59. The Balaban J connectivity index is 1.56. The van der Waals surface area contributed by atoms with Gasteiger partial charge in [0.2, 0.25) is 4.90 Å². The van der Waals surface area contributed by atoms with Gasteiger partial charge in [0.25, 0.3) is 17.3 Å². The molecule has 1 heterocycles. The minimum absolute atomic E-state index is 0.0819. The number of hydrogen-bond acceptors (Lipinski definition) is 5. The van der Waals surface area contributed by atoms with Crippen LogP contribution >= 0.6 is 0 Å². The Morgan fingerprint density at radius 2 is 1.74 bits per heavy atom. The van der Waals surface area contributed by atoms with Crippen molar-refractivity contribution in [3.63, 3.8) is 0 Å².